The van der Waals surface area contributed by atoms with Crippen LogP contribution in [0.3, 0.4) is 0 Å². The van der Waals surface area contributed by atoms with Gasteiger partial charge in [0.1, 0.15) is 11.9 Å². The van der Waals surface area contributed by atoms with Gasteiger partial charge in [0.2, 0.25) is 0 Å². The fraction of sp³-hybridized carbons (Fsp3) is 0.286. The van der Waals surface area contributed by atoms with Crippen molar-refractivity contribution in [3.63, 3.8) is 0 Å². The Morgan fingerprint density at radius 2 is 2.17 bits per heavy atom. The van der Waals surface area contributed by atoms with E-state index in [1.165, 1.54) is 16.9 Å². The Morgan fingerprint density at radius 1 is 1.33 bits per heavy atom. The lowest BCUT2D eigenvalue weighted by molar-refractivity contribution is 0.218. The van der Waals surface area contributed by atoms with Gasteiger partial charge < -0.3 is 5.11 Å². The van der Waals surface area contributed by atoms with Gasteiger partial charge in [0.15, 0.2) is 0 Å². The van der Waals surface area contributed by atoms with E-state index in [4.69, 9.17) is 0 Å². The van der Waals surface area contributed by atoms with Gasteiger partial charge in [-0.15, -0.1) is 11.3 Å². The first kappa shape index (κ1) is 12.3. The largest absolute Gasteiger partial charge is 0.383 e. The molecule has 0 saturated heterocycles. The van der Waals surface area contributed by atoms with E-state index in [0.29, 0.717) is 10.0 Å². The van der Waals surface area contributed by atoms with Gasteiger partial charge in [0.25, 0.3) is 0 Å². The van der Waals surface area contributed by atoms with Gasteiger partial charge in [-0.1, -0.05) is 12.1 Å². The van der Waals surface area contributed by atoms with Crippen LogP contribution in [0, 0.1) is 5.82 Å². The minimum Gasteiger partial charge on any atom is -0.383 e. The molecule has 1 aliphatic rings. The maximum absolute atomic E-state index is 13.9. The number of aliphatic hydroxyl groups excluding tert-OH is 1. The highest BCUT2D eigenvalue weighted by atomic mass is 79.9. The Labute approximate surface area is 117 Å². The summed E-state index contributed by atoms with van der Waals surface area (Å²) in [5.41, 5.74) is 1.66. The van der Waals surface area contributed by atoms with E-state index >= 15 is 0 Å². The lowest BCUT2D eigenvalue weighted by Gasteiger charge is -2.11. The molecule has 1 unspecified atom stereocenters. The molecule has 0 radical (unpaired) electrons. The summed E-state index contributed by atoms with van der Waals surface area (Å²) in [6.45, 7) is 0. The Kier molecular flexibility index (Phi) is 3.26. The van der Waals surface area contributed by atoms with Crippen LogP contribution in [0.5, 0.6) is 0 Å². The van der Waals surface area contributed by atoms with E-state index in [2.05, 4.69) is 15.9 Å². The molecule has 1 aromatic heterocycles. The van der Waals surface area contributed by atoms with Crippen molar-refractivity contribution < 1.29 is 9.50 Å². The van der Waals surface area contributed by atoms with E-state index in [9.17, 15) is 9.50 Å². The number of thiophene rings is 1. The zero-order chi connectivity index (χ0) is 12.7. The summed E-state index contributed by atoms with van der Waals surface area (Å²) in [5.74, 6) is -0.376. The molecule has 0 aliphatic heterocycles. The lowest BCUT2D eigenvalue weighted by atomic mass is 10.1. The number of fused-ring (bicyclic) bond motifs is 1. The highest BCUT2D eigenvalue weighted by molar-refractivity contribution is 9.10. The van der Waals surface area contributed by atoms with E-state index in [0.717, 1.165) is 17.7 Å². The maximum atomic E-state index is 13.9. The van der Waals surface area contributed by atoms with E-state index in [1.54, 1.807) is 29.5 Å². The molecule has 4 heteroatoms. The molecule has 1 atom stereocenters. The van der Waals surface area contributed by atoms with Crippen LogP contribution in [0.1, 0.15) is 33.4 Å². The Morgan fingerprint density at radius 3 is 2.94 bits per heavy atom. The molecule has 1 heterocycles. The summed E-state index contributed by atoms with van der Waals surface area (Å²) in [6.07, 6.45) is 2.51. The van der Waals surface area contributed by atoms with Gasteiger partial charge in [-0.25, -0.2) is 4.39 Å². The van der Waals surface area contributed by atoms with Crippen LogP contribution in [0.2, 0.25) is 0 Å². The topological polar surface area (TPSA) is 20.2 Å². The van der Waals surface area contributed by atoms with Crippen LogP contribution < -0.4 is 0 Å². The van der Waals surface area contributed by atoms with Gasteiger partial charge in [0.05, 0.1) is 4.47 Å². The Hall–Kier alpha value is -0.710. The third-order valence-electron chi connectivity index (χ3n) is 3.31. The minimum absolute atomic E-state index is 0.337. The zero-order valence-electron chi connectivity index (χ0n) is 9.62. The average molecular weight is 327 g/mol. The van der Waals surface area contributed by atoms with Gasteiger partial charge >= 0.3 is 0 Å². The van der Waals surface area contributed by atoms with Crippen LogP contribution in [-0.4, -0.2) is 5.11 Å². The van der Waals surface area contributed by atoms with Crippen molar-refractivity contribution >= 4 is 27.3 Å². The van der Waals surface area contributed by atoms with Crippen molar-refractivity contribution in [1.29, 1.82) is 0 Å². The predicted octanol–water partition coefficient (Wildman–Crippen LogP) is 4.22. The summed E-state index contributed by atoms with van der Waals surface area (Å²) in [5, 5.41) is 10.3. The van der Waals surface area contributed by atoms with E-state index < -0.39 is 6.10 Å². The van der Waals surface area contributed by atoms with Crippen LogP contribution >= 0.6 is 27.3 Å². The lowest BCUT2D eigenvalue weighted by Crippen LogP contribution is -2.01. The zero-order valence-corrected chi connectivity index (χ0v) is 12.0. The van der Waals surface area contributed by atoms with Crippen LogP contribution in [0.25, 0.3) is 0 Å². The number of aryl methyl sites for hydroxylation is 2. The average Bonchev–Trinajstić information content (AvgIpc) is 2.92. The van der Waals surface area contributed by atoms with Crippen LogP contribution in [0.4, 0.5) is 4.39 Å². The molecule has 0 amide bonds. The summed E-state index contributed by atoms with van der Waals surface area (Å²) in [7, 11) is 0. The summed E-state index contributed by atoms with van der Waals surface area (Å²) < 4.78 is 14.3. The quantitative estimate of drug-likeness (QED) is 0.876. The smallest absolute Gasteiger partial charge is 0.143 e. The predicted molar refractivity (Wildman–Crippen MR) is 74.5 cm³/mol. The van der Waals surface area contributed by atoms with E-state index in [1.807, 2.05) is 6.07 Å². The molecule has 94 valence electrons. The molecule has 1 aromatic carbocycles. The fourth-order valence-corrected chi connectivity index (χ4v) is 4.02. The molecule has 0 saturated carbocycles. The number of halogens is 2. The summed E-state index contributed by atoms with van der Waals surface area (Å²) in [4.78, 5) is 2.19. The third-order valence-corrected chi connectivity index (χ3v) is 5.21. The normalized spacial score (nSPS) is 15.7. The fourth-order valence-electron chi connectivity index (χ4n) is 2.37. The molecule has 1 aliphatic carbocycles. The Bertz CT molecular complexity index is 572. The van der Waals surface area contributed by atoms with Gasteiger partial charge in [0, 0.05) is 15.3 Å². The van der Waals surface area contributed by atoms with E-state index in [-0.39, 0.29) is 5.82 Å². The molecule has 0 bridgehead atoms. The first-order valence-electron chi connectivity index (χ1n) is 5.90. The highest BCUT2D eigenvalue weighted by Crippen LogP contribution is 2.37. The Balaban J connectivity index is 1.98. The van der Waals surface area contributed by atoms with Crippen molar-refractivity contribution in [3.05, 3.63) is 55.4 Å². The van der Waals surface area contributed by atoms with Crippen molar-refractivity contribution in [2.45, 2.75) is 25.4 Å². The van der Waals surface area contributed by atoms with Gasteiger partial charge in [-0.2, -0.15) is 0 Å². The molecule has 18 heavy (non-hydrogen) atoms. The SMILES string of the molecule is OC(c1cc2c(s1)CCC2)c1cccc(Br)c1F. The second kappa shape index (κ2) is 4.76. The molecular weight excluding hydrogens is 315 g/mol. The molecular formula is C14H12BrFOS. The second-order valence-corrected chi connectivity index (χ2v) is 6.52. The highest BCUT2D eigenvalue weighted by Gasteiger charge is 2.22. The van der Waals surface area contributed by atoms with Crippen molar-refractivity contribution in [2.24, 2.45) is 0 Å². The maximum Gasteiger partial charge on any atom is 0.143 e. The van der Waals surface area contributed by atoms with Crippen LogP contribution in [-0.2, 0) is 12.8 Å². The molecule has 3 rings (SSSR count). The van der Waals surface area contributed by atoms with Gasteiger partial charge in [-0.05, 0) is 52.9 Å². The third kappa shape index (κ3) is 2.02. The summed E-state index contributed by atoms with van der Waals surface area (Å²) in [6, 6.07) is 7.04. The number of rotatable bonds is 2. The van der Waals surface area contributed by atoms with Crippen molar-refractivity contribution in [2.75, 3.05) is 0 Å². The monoisotopic (exact) mass is 326 g/mol. The number of benzene rings is 1. The first-order valence-corrected chi connectivity index (χ1v) is 7.51. The number of hydrogen-bond donors (Lipinski definition) is 1. The summed E-state index contributed by atoms with van der Waals surface area (Å²) >= 11 is 4.76. The number of hydrogen-bond acceptors (Lipinski definition) is 2. The second-order valence-electron chi connectivity index (χ2n) is 4.50. The molecule has 1 nitrogen and oxygen atoms in total. The molecule has 1 N–H and O–H groups in total. The van der Waals surface area contributed by atoms with Crippen molar-refractivity contribution in [1.82, 2.24) is 0 Å². The van der Waals surface area contributed by atoms with Crippen molar-refractivity contribution in [3.8, 4) is 0 Å². The van der Waals surface area contributed by atoms with Gasteiger partial charge in [-0.3, -0.25) is 0 Å². The van der Waals surface area contributed by atoms with Crippen LogP contribution in [0.15, 0.2) is 28.7 Å². The number of aliphatic hydroxyl groups is 1. The molecule has 0 fully saturated rings. The molecule has 0 spiro atoms. The minimum atomic E-state index is -0.863. The molecule has 2 aromatic rings. The standard InChI is InChI=1S/C14H12BrFOS/c15-10-5-2-4-9(13(10)16)14(17)12-7-8-3-1-6-11(8)18-12/h2,4-5,7,14,17H,1,3,6H2. The first-order chi connectivity index (χ1) is 8.66.